The van der Waals surface area contributed by atoms with Crippen LogP contribution >= 0.6 is 0 Å². The molecule has 166 valence electrons. The Bertz CT molecular complexity index is 876. The molecule has 2 amide bonds. The smallest absolute Gasteiger partial charge is 0.253 e. The molecule has 0 radical (unpaired) electrons. The largest absolute Gasteiger partial charge is 0.338 e. The maximum Gasteiger partial charge on any atom is 0.253 e. The SMILES string of the molecule is CCCCN(C(=O)C1CCCN(C(=O)c2cc(C)cc(C)c2)C1)C1CCS(=O)(=O)C1. The molecule has 1 aromatic rings. The van der Waals surface area contributed by atoms with Crippen LogP contribution in [-0.4, -0.2) is 67.2 Å². The predicted molar refractivity (Wildman–Crippen MR) is 118 cm³/mol. The minimum absolute atomic E-state index is 0.0171. The Kier molecular flexibility index (Phi) is 7.22. The van der Waals surface area contributed by atoms with E-state index in [0.717, 1.165) is 36.8 Å². The van der Waals surface area contributed by atoms with E-state index in [1.165, 1.54) is 0 Å². The number of carbonyl (C=O) groups is 2. The van der Waals surface area contributed by atoms with Crippen LogP contribution in [0.1, 0.15) is 60.5 Å². The monoisotopic (exact) mass is 434 g/mol. The summed E-state index contributed by atoms with van der Waals surface area (Å²) in [6, 6.07) is 5.62. The van der Waals surface area contributed by atoms with Crippen LogP contribution in [0.4, 0.5) is 0 Å². The second-order valence-corrected chi connectivity index (χ2v) is 11.1. The molecular formula is C23H34N2O4S. The van der Waals surface area contributed by atoms with Crippen LogP contribution in [0.15, 0.2) is 18.2 Å². The van der Waals surface area contributed by atoms with E-state index in [4.69, 9.17) is 0 Å². The van der Waals surface area contributed by atoms with Crippen LogP contribution in [0, 0.1) is 19.8 Å². The summed E-state index contributed by atoms with van der Waals surface area (Å²) in [5, 5.41) is 0. The number of rotatable bonds is 6. The first-order valence-electron chi connectivity index (χ1n) is 11.1. The van der Waals surface area contributed by atoms with Gasteiger partial charge in [0.1, 0.15) is 0 Å². The number of unbranched alkanes of at least 4 members (excludes halogenated alkanes) is 1. The van der Waals surface area contributed by atoms with Crippen molar-refractivity contribution in [3.63, 3.8) is 0 Å². The number of hydrogen-bond donors (Lipinski definition) is 0. The molecule has 2 saturated heterocycles. The minimum Gasteiger partial charge on any atom is -0.338 e. The van der Waals surface area contributed by atoms with Gasteiger partial charge in [0.15, 0.2) is 9.84 Å². The van der Waals surface area contributed by atoms with Gasteiger partial charge in [-0.2, -0.15) is 0 Å². The molecule has 0 aromatic heterocycles. The topological polar surface area (TPSA) is 74.8 Å². The fourth-order valence-electron chi connectivity index (χ4n) is 4.70. The van der Waals surface area contributed by atoms with Crippen molar-refractivity contribution in [3.8, 4) is 0 Å². The Morgan fingerprint density at radius 3 is 2.43 bits per heavy atom. The van der Waals surface area contributed by atoms with Gasteiger partial charge in [-0.05, 0) is 51.7 Å². The first-order valence-corrected chi connectivity index (χ1v) is 12.9. The highest BCUT2D eigenvalue weighted by Crippen LogP contribution is 2.25. The lowest BCUT2D eigenvalue weighted by Gasteiger charge is -2.37. The summed E-state index contributed by atoms with van der Waals surface area (Å²) >= 11 is 0. The van der Waals surface area contributed by atoms with Crippen molar-refractivity contribution in [3.05, 3.63) is 34.9 Å². The molecule has 2 aliphatic heterocycles. The second kappa shape index (κ2) is 9.50. The molecule has 2 aliphatic rings. The van der Waals surface area contributed by atoms with Gasteiger partial charge in [-0.3, -0.25) is 9.59 Å². The van der Waals surface area contributed by atoms with Crippen LogP contribution in [-0.2, 0) is 14.6 Å². The highest BCUT2D eigenvalue weighted by atomic mass is 32.2. The molecule has 0 N–H and O–H groups in total. The molecule has 2 fully saturated rings. The first-order chi connectivity index (χ1) is 14.2. The third-order valence-corrected chi connectivity index (χ3v) is 7.96. The molecule has 2 heterocycles. The molecule has 3 rings (SSSR count). The molecule has 0 bridgehead atoms. The summed E-state index contributed by atoms with van der Waals surface area (Å²) in [6.45, 7) is 7.69. The molecule has 30 heavy (non-hydrogen) atoms. The quantitative estimate of drug-likeness (QED) is 0.690. The summed E-state index contributed by atoms with van der Waals surface area (Å²) in [6.07, 6.45) is 3.87. The number of likely N-dealkylation sites (tertiary alicyclic amines) is 1. The second-order valence-electron chi connectivity index (χ2n) is 8.91. The number of aryl methyl sites for hydroxylation is 2. The fraction of sp³-hybridized carbons (Fsp3) is 0.652. The summed E-state index contributed by atoms with van der Waals surface area (Å²) in [5.74, 6) is -0.0317. The highest BCUT2D eigenvalue weighted by molar-refractivity contribution is 7.91. The molecule has 1 aromatic carbocycles. The first kappa shape index (κ1) is 22.8. The number of hydrogen-bond acceptors (Lipinski definition) is 4. The maximum atomic E-state index is 13.4. The van der Waals surface area contributed by atoms with Gasteiger partial charge in [0.05, 0.1) is 17.4 Å². The van der Waals surface area contributed by atoms with E-state index in [9.17, 15) is 18.0 Å². The van der Waals surface area contributed by atoms with Crippen molar-refractivity contribution >= 4 is 21.7 Å². The van der Waals surface area contributed by atoms with Crippen LogP contribution < -0.4 is 0 Å². The molecule has 2 atom stereocenters. The zero-order valence-electron chi connectivity index (χ0n) is 18.4. The van der Waals surface area contributed by atoms with Crippen LogP contribution in [0.3, 0.4) is 0 Å². The summed E-state index contributed by atoms with van der Waals surface area (Å²) < 4.78 is 24.0. The van der Waals surface area contributed by atoms with E-state index >= 15 is 0 Å². The Balaban J connectivity index is 1.73. The Hall–Kier alpha value is -1.89. The van der Waals surface area contributed by atoms with Gasteiger partial charge >= 0.3 is 0 Å². The third kappa shape index (κ3) is 5.42. The summed E-state index contributed by atoms with van der Waals surface area (Å²) in [7, 11) is -3.06. The van der Waals surface area contributed by atoms with Gasteiger partial charge in [0, 0.05) is 31.2 Å². The Labute approximate surface area is 180 Å². The predicted octanol–water partition coefficient (Wildman–Crippen LogP) is 2.97. The van der Waals surface area contributed by atoms with Crippen molar-refractivity contribution in [2.75, 3.05) is 31.1 Å². The van der Waals surface area contributed by atoms with Crippen molar-refractivity contribution in [1.29, 1.82) is 0 Å². The van der Waals surface area contributed by atoms with Gasteiger partial charge in [-0.15, -0.1) is 0 Å². The number of benzene rings is 1. The lowest BCUT2D eigenvalue weighted by Crippen LogP contribution is -2.50. The normalized spacial score (nSPS) is 23.4. The lowest BCUT2D eigenvalue weighted by molar-refractivity contribution is -0.139. The number of piperidine rings is 1. The van der Waals surface area contributed by atoms with Gasteiger partial charge in [-0.1, -0.05) is 30.5 Å². The third-order valence-electron chi connectivity index (χ3n) is 6.21. The van der Waals surface area contributed by atoms with E-state index in [-0.39, 0.29) is 35.3 Å². The van der Waals surface area contributed by atoms with Crippen LogP contribution in [0.5, 0.6) is 0 Å². The van der Waals surface area contributed by atoms with E-state index in [2.05, 4.69) is 6.92 Å². The lowest BCUT2D eigenvalue weighted by atomic mass is 9.94. The average molecular weight is 435 g/mol. The van der Waals surface area contributed by atoms with Crippen LogP contribution in [0.2, 0.25) is 0 Å². The Morgan fingerprint density at radius 1 is 1.13 bits per heavy atom. The average Bonchev–Trinajstić information content (AvgIpc) is 3.06. The number of sulfone groups is 1. The Morgan fingerprint density at radius 2 is 1.83 bits per heavy atom. The van der Waals surface area contributed by atoms with E-state index in [1.807, 2.05) is 36.9 Å². The minimum atomic E-state index is -3.06. The van der Waals surface area contributed by atoms with Crippen molar-refractivity contribution < 1.29 is 18.0 Å². The highest BCUT2D eigenvalue weighted by Gasteiger charge is 2.38. The summed E-state index contributed by atoms with van der Waals surface area (Å²) in [4.78, 5) is 30.1. The van der Waals surface area contributed by atoms with Gasteiger partial charge in [0.2, 0.25) is 5.91 Å². The zero-order chi connectivity index (χ0) is 21.9. The molecule has 0 aliphatic carbocycles. The standard InChI is InChI=1S/C23H34N2O4S/c1-4-5-10-25(21-8-11-30(28,29)16-21)23(27)19-7-6-9-24(15-19)22(26)20-13-17(2)12-18(3)14-20/h12-14,19,21H,4-11,15-16H2,1-3H3. The summed E-state index contributed by atoms with van der Waals surface area (Å²) in [5.41, 5.74) is 2.78. The number of carbonyl (C=O) groups excluding carboxylic acids is 2. The zero-order valence-corrected chi connectivity index (χ0v) is 19.2. The molecule has 0 saturated carbocycles. The van der Waals surface area contributed by atoms with Crippen molar-refractivity contribution in [1.82, 2.24) is 9.80 Å². The number of nitrogens with zero attached hydrogens (tertiary/aromatic N) is 2. The molecule has 2 unspecified atom stereocenters. The molecule has 7 heteroatoms. The van der Waals surface area contributed by atoms with Gasteiger partial charge in [0.25, 0.3) is 5.91 Å². The molecule has 6 nitrogen and oxygen atoms in total. The van der Waals surface area contributed by atoms with Gasteiger partial charge in [-0.25, -0.2) is 8.42 Å². The molecular weight excluding hydrogens is 400 g/mol. The van der Waals surface area contributed by atoms with Crippen LogP contribution in [0.25, 0.3) is 0 Å². The molecule has 0 spiro atoms. The fourth-order valence-corrected chi connectivity index (χ4v) is 6.43. The van der Waals surface area contributed by atoms with E-state index < -0.39 is 9.84 Å². The van der Waals surface area contributed by atoms with Gasteiger partial charge < -0.3 is 9.80 Å². The van der Waals surface area contributed by atoms with Crippen molar-refractivity contribution in [2.24, 2.45) is 5.92 Å². The maximum absolute atomic E-state index is 13.4. The van der Waals surface area contributed by atoms with E-state index in [1.54, 1.807) is 4.90 Å². The number of amides is 2. The van der Waals surface area contributed by atoms with Crippen molar-refractivity contribution in [2.45, 2.75) is 58.9 Å². The van der Waals surface area contributed by atoms with E-state index in [0.29, 0.717) is 31.6 Å².